The molecule has 5 nitrogen and oxygen atoms in total. The van der Waals surface area contributed by atoms with Gasteiger partial charge >= 0.3 is 0 Å². The molecule has 0 bridgehead atoms. The number of aromatic nitrogens is 3. The maximum absolute atomic E-state index is 10.3. The van der Waals surface area contributed by atoms with E-state index in [1.807, 2.05) is 24.3 Å². The van der Waals surface area contributed by atoms with Gasteiger partial charge in [-0.3, -0.25) is 0 Å². The number of aromatic hydroxyl groups is 2. The third kappa shape index (κ3) is 4.24. The minimum Gasteiger partial charge on any atom is -0.508 e. The number of thiol groups is 4. The Kier molecular flexibility index (Phi) is 5.88. The molecule has 0 amide bonds. The van der Waals surface area contributed by atoms with Crippen LogP contribution in [0.15, 0.2) is 74.2 Å². The Hall–Kier alpha value is -2.33. The summed E-state index contributed by atoms with van der Waals surface area (Å²) in [7, 11) is 0. The van der Waals surface area contributed by atoms with Gasteiger partial charge in [0.25, 0.3) is 0 Å². The molecule has 1 heterocycles. The number of phenols is 2. The van der Waals surface area contributed by atoms with E-state index in [1.165, 1.54) is 12.1 Å². The van der Waals surface area contributed by atoms with Crippen molar-refractivity contribution in [1.29, 1.82) is 0 Å². The Bertz CT molecular complexity index is 1110. The van der Waals surface area contributed by atoms with Crippen molar-refractivity contribution in [1.82, 2.24) is 15.0 Å². The largest absolute Gasteiger partial charge is 0.508 e. The van der Waals surface area contributed by atoms with Gasteiger partial charge in [0.1, 0.15) is 11.5 Å². The molecule has 9 heteroatoms. The summed E-state index contributed by atoms with van der Waals surface area (Å²) in [6.07, 6.45) is 0. The number of rotatable bonds is 3. The molecule has 4 rings (SSSR count). The Labute approximate surface area is 194 Å². The smallest absolute Gasteiger partial charge is 0.167 e. The van der Waals surface area contributed by atoms with Crippen LogP contribution < -0.4 is 0 Å². The first-order valence-electron chi connectivity index (χ1n) is 8.65. The number of hydrogen-bond donors (Lipinski definition) is 6. The van der Waals surface area contributed by atoms with Crippen LogP contribution in [0.2, 0.25) is 0 Å². The highest BCUT2D eigenvalue weighted by Crippen LogP contribution is 2.35. The minimum absolute atomic E-state index is 0.0604. The molecule has 0 unspecified atom stereocenters. The Morgan fingerprint density at radius 1 is 0.533 bits per heavy atom. The Balaban J connectivity index is 1.98. The quantitative estimate of drug-likeness (QED) is 0.225. The zero-order valence-electron chi connectivity index (χ0n) is 15.2. The van der Waals surface area contributed by atoms with E-state index < -0.39 is 0 Å². The van der Waals surface area contributed by atoms with Gasteiger partial charge in [0.2, 0.25) is 0 Å². The lowest BCUT2D eigenvalue weighted by Crippen LogP contribution is -2.01. The molecule has 0 aliphatic heterocycles. The van der Waals surface area contributed by atoms with Crippen LogP contribution in [-0.4, -0.2) is 25.2 Å². The topological polar surface area (TPSA) is 79.1 Å². The van der Waals surface area contributed by atoms with E-state index in [2.05, 4.69) is 65.5 Å². The second-order valence-corrected chi connectivity index (χ2v) is 8.41. The molecule has 2 N–H and O–H groups in total. The third-order valence-corrected chi connectivity index (χ3v) is 5.60. The van der Waals surface area contributed by atoms with Gasteiger partial charge < -0.3 is 10.2 Å². The number of phenolic OH excluding ortho intramolecular Hbond substituents is 2. The van der Waals surface area contributed by atoms with Crippen LogP contribution in [0, 0.1) is 0 Å². The zero-order valence-corrected chi connectivity index (χ0v) is 18.8. The fourth-order valence-corrected chi connectivity index (χ4v) is 4.10. The van der Waals surface area contributed by atoms with Crippen molar-refractivity contribution in [2.75, 3.05) is 0 Å². The van der Waals surface area contributed by atoms with E-state index in [1.54, 1.807) is 18.2 Å². The predicted molar refractivity (Wildman–Crippen MR) is 128 cm³/mol. The highest BCUT2D eigenvalue weighted by molar-refractivity contribution is 7.81. The van der Waals surface area contributed by atoms with Gasteiger partial charge in [0.15, 0.2) is 17.5 Å². The van der Waals surface area contributed by atoms with Crippen molar-refractivity contribution in [2.45, 2.75) is 19.6 Å². The number of hydrogen-bond acceptors (Lipinski definition) is 9. The van der Waals surface area contributed by atoms with Gasteiger partial charge in [-0.1, -0.05) is 0 Å². The summed E-state index contributed by atoms with van der Waals surface area (Å²) in [5, 5.41) is 20.0. The highest BCUT2D eigenvalue weighted by Gasteiger charge is 2.17. The standard InChI is InChI=1S/C21H15N3O2S4/c25-10-1-4-13(16(26)7-10)19-22-20(14-5-2-11(27)8-17(14)29)24-21(23-19)15-6-3-12(28)9-18(15)30/h1-9,25-30H. The van der Waals surface area contributed by atoms with Crippen molar-refractivity contribution >= 4 is 50.5 Å². The molecule has 0 atom stereocenters. The van der Waals surface area contributed by atoms with Crippen LogP contribution in [0.25, 0.3) is 34.2 Å². The third-order valence-electron chi connectivity index (χ3n) is 4.30. The summed E-state index contributed by atoms with van der Waals surface area (Å²) in [6.45, 7) is 0. The molecule has 4 aromatic rings. The molecular weight excluding hydrogens is 455 g/mol. The first kappa shape index (κ1) is 20.9. The van der Waals surface area contributed by atoms with E-state index >= 15 is 0 Å². The van der Waals surface area contributed by atoms with Crippen molar-refractivity contribution in [3.63, 3.8) is 0 Å². The minimum atomic E-state index is -0.147. The molecule has 0 saturated carbocycles. The molecule has 0 aliphatic rings. The fraction of sp³-hybridized carbons (Fsp3) is 0. The summed E-state index contributed by atoms with van der Waals surface area (Å²) in [6, 6.07) is 15.1. The van der Waals surface area contributed by atoms with Gasteiger partial charge in [-0.15, -0.1) is 50.5 Å². The van der Waals surface area contributed by atoms with Crippen molar-refractivity contribution in [3.8, 4) is 45.7 Å². The molecule has 0 radical (unpaired) electrons. The van der Waals surface area contributed by atoms with Crippen molar-refractivity contribution in [2.24, 2.45) is 0 Å². The van der Waals surface area contributed by atoms with Crippen molar-refractivity contribution < 1.29 is 10.2 Å². The Morgan fingerprint density at radius 3 is 1.40 bits per heavy atom. The number of benzene rings is 3. The van der Waals surface area contributed by atoms with Crippen molar-refractivity contribution in [3.05, 3.63) is 54.6 Å². The summed E-state index contributed by atoms with van der Waals surface area (Å²) in [5.41, 5.74) is 1.73. The average Bonchev–Trinajstić information content (AvgIpc) is 2.67. The van der Waals surface area contributed by atoms with Crippen LogP contribution in [0.3, 0.4) is 0 Å². The van der Waals surface area contributed by atoms with E-state index in [0.717, 1.165) is 9.79 Å². The zero-order chi connectivity index (χ0) is 21.4. The first-order chi connectivity index (χ1) is 14.3. The lowest BCUT2D eigenvalue weighted by molar-refractivity contribution is 0.451. The molecule has 0 saturated heterocycles. The van der Waals surface area contributed by atoms with Crippen LogP contribution in [0.4, 0.5) is 0 Å². The van der Waals surface area contributed by atoms with Gasteiger partial charge in [-0.05, 0) is 48.5 Å². The lowest BCUT2D eigenvalue weighted by atomic mass is 10.1. The maximum atomic E-state index is 10.3. The van der Waals surface area contributed by atoms with E-state index in [4.69, 9.17) is 0 Å². The van der Waals surface area contributed by atoms with Gasteiger partial charge in [-0.25, -0.2) is 15.0 Å². The lowest BCUT2D eigenvalue weighted by Gasteiger charge is -2.12. The summed E-state index contributed by atoms with van der Waals surface area (Å²) in [5.74, 6) is 0.798. The first-order valence-corrected chi connectivity index (χ1v) is 10.4. The molecule has 0 aliphatic carbocycles. The second-order valence-electron chi connectivity index (χ2n) is 6.41. The summed E-state index contributed by atoms with van der Waals surface area (Å²) in [4.78, 5) is 16.5. The van der Waals surface area contributed by atoms with E-state index in [0.29, 0.717) is 38.1 Å². The normalized spacial score (nSPS) is 10.9. The van der Waals surface area contributed by atoms with Crippen LogP contribution in [0.5, 0.6) is 11.5 Å². The second kappa shape index (κ2) is 8.43. The van der Waals surface area contributed by atoms with Gasteiger partial charge in [-0.2, -0.15) is 0 Å². The fourth-order valence-electron chi connectivity index (χ4n) is 2.86. The van der Waals surface area contributed by atoms with Crippen LogP contribution in [-0.2, 0) is 0 Å². The monoisotopic (exact) mass is 469 g/mol. The molecule has 0 fully saturated rings. The Morgan fingerprint density at radius 2 is 0.967 bits per heavy atom. The molecule has 0 spiro atoms. The highest BCUT2D eigenvalue weighted by atomic mass is 32.1. The summed E-state index contributed by atoms with van der Waals surface area (Å²) < 4.78 is 0. The average molecular weight is 470 g/mol. The van der Waals surface area contributed by atoms with E-state index in [9.17, 15) is 10.2 Å². The number of nitrogens with zero attached hydrogens (tertiary/aromatic N) is 3. The molecule has 1 aromatic heterocycles. The SMILES string of the molecule is Oc1ccc(-c2nc(-c3ccc(S)cc3S)nc(-c3ccc(S)cc3S)n2)c(O)c1. The van der Waals surface area contributed by atoms with Crippen LogP contribution >= 0.6 is 50.5 Å². The maximum Gasteiger partial charge on any atom is 0.167 e. The van der Waals surface area contributed by atoms with Gasteiger partial charge in [0, 0.05) is 36.8 Å². The molecule has 150 valence electrons. The van der Waals surface area contributed by atoms with Gasteiger partial charge in [0.05, 0.1) is 5.56 Å². The summed E-state index contributed by atoms with van der Waals surface area (Å²) >= 11 is 17.7. The van der Waals surface area contributed by atoms with Crippen LogP contribution in [0.1, 0.15) is 0 Å². The molecule has 3 aromatic carbocycles. The predicted octanol–water partition coefficient (Wildman–Crippen LogP) is 5.44. The van der Waals surface area contributed by atoms with E-state index in [-0.39, 0.29) is 17.3 Å². The molecular formula is C21H15N3O2S4. The molecule has 30 heavy (non-hydrogen) atoms.